The third-order valence-electron chi connectivity index (χ3n) is 5.01. The normalized spacial score (nSPS) is 12.2. The Kier molecular flexibility index (Phi) is 5.88. The fourth-order valence-electron chi connectivity index (χ4n) is 3.40. The number of halogens is 2. The van der Waals surface area contributed by atoms with Gasteiger partial charge in [-0.15, -0.1) is 10.2 Å². The number of nitrogens with zero attached hydrogens (tertiary/aromatic N) is 5. The van der Waals surface area contributed by atoms with E-state index >= 15 is 0 Å². The predicted molar refractivity (Wildman–Crippen MR) is 131 cm³/mol. The summed E-state index contributed by atoms with van der Waals surface area (Å²) >= 11 is 13.9. The van der Waals surface area contributed by atoms with Crippen LogP contribution in [-0.4, -0.2) is 29.7 Å². The maximum atomic E-state index is 12.5. The maximum Gasteiger partial charge on any atom is 0.258 e. The van der Waals surface area contributed by atoms with E-state index in [0.717, 1.165) is 11.3 Å². The van der Waals surface area contributed by atoms with Crippen molar-refractivity contribution in [2.24, 2.45) is 0 Å². The van der Waals surface area contributed by atoms with E-state index in [1.807, 2.05) is 47.9 Å². The minimum absolute atomic E-state index is 0.176. The summed E-state index contributed by atoms with van der Waals surface area (Å²) in [4.78, 5) is 24.3. The van der Waals surface area contributed by atoms with Crippen molar-refractivity contribution >= 4 is 45.9 Å². The molecule has 2 aromatic carbocycles. The van der Waals surface area contributed by atoms with Crippen molar-refractivity contribution in [3.8, 4) is 17.1 Å². The Labute approximate surface area is 202 Å². The third kappa shape index (κ3) is 4.25. The van der Waals surface area contributed by atoms with Crippen molar-refractivity contribution in [1.82, 2.24) is 29.7 Å². The molecule has 0 amide bonds. The van der Waals surface area contributed by atoms with E-state index in [-0.39, 0.29) is 10.8 Å². The molecule has 3 heterocycles. The lowest BCUT2D eigenvalue weighted by molar-refractivity contribution is 0.862. The van der Waals surface area contributed by atoms with E-state index in [4.69, 9.17) is 23.2 Å². The Hall–Kier alpha value is -3.20. The Morgan fingerprint density at radius 2 is 1.88 bits per heavy atom. The second kappa shape index (κ2) is 8.97. The number of benzene rings is 2. The number of aromatic amines is 1. The lowest BCUT2D eigenvalue weighted by Gasteiger charge is -2.14. The van der Waals surface area contributed by atoms with Crippen LogP contribution in [0.1, 0.15) is 18.0 Å². The molecular formula is C23H16Cl2N6OS. The van der Waals surface area contributed by atoms with Crippen LogP contribution in [0.15, 0.2) is 76.9 Å². The Balaban J connectivity index is 1.59. The van der Waals surface area contributed by atoms with Crippen LogP contribution in [0, 0.1) is 0 Å². The van der Waals surface area contributed by atoms with Crippen molar-refractivity contribution in [1.29, 1.82) is 0 Å². The van der Waals surface area contributed by atoms with Crippen LogP contribution in [0.25, 0.3) is 28.0 Å². The summed E-state index contributed by atoms with van der Waals surface area (Å²) in [7, 11) is 0. The smallest absolute Gasteiger partial charge is 0.258 e. The van der Waals surface area contributed by atoms with E-state index < -0.39 is 0 Å². The first-order valence-corrected chi connectivity index (χ1v) is 11.6. The number of fused-ring (bicyclic) bond motifs is 1. The first-order chi connectivity index (χ1) is 16.0. The largest absolute Gasteiger partial charge is 0.309 e. The van der Waals surface area contributed by atoms with Crippen molar-refractivity contribution in [3.05, 3.63) is 93.2 Å². The first kappa shape index (κ1) is 21.6. The molecule has 5 rings (SSSR count). The van der Waals surface area contributed by atoms with Crippen LogP contribution in [0.5, 0.6) is 0 Å². The summed E-state index contributed by atoms with van der Waals surface area (Å²) in [6, 6.07) is 16.3. The van der Waals surface area contributed by atoms with Gasteiger partial charge in [0.15, 0.2) is 11.0 Å². The average Bonchev–Trinajstić information content (AvgIpc) is 3.25. The SMILES string of the molecule is CC(Sc1nnc(-c2cccnc2)n1-c1ccc(Cl)c(Cl)c1)c1nc2ccccc2c(=O)[nH]1. The second-order valence-corrected chi connectivity index (χ2v) is 9.33. The number of thioether (sulfide) groups is 1. The van der Waals surface area contributed by atoms with Gasteiger partial charge in [0.25, 0.3) is 5.56 Å². The monoisotopic (exact) mass is 494 g/mol. The molecule has 0 saturated heterocycles. The van der Waals surface area contributed by atoms with E-state index in [0.29, 0.717) is 37.8 Å². The van der Waals surface area contributed by atoms with E-state index in [2.05, 4.69) is 25.1 Å². The molecule has 0 bridgehead atoms. The standard InChI is InChI=1S/C23H16Cl2N6OS/c1-13(20-27-19-7-3-2-6-16(19)22(32)28-20)33-23-30-29-21(14-5-4-10-26-12-14)31(23)15-8-9-17(24)18(25)11-15/h2-13H,1H3,(H,27,28,32). The molecule has 33 heavy (non-hydrogen) atoms. The zero-order valence-corrected chi connectivity index (χ0v) is 19.6. The van der Waals surface area contributed by atoms with Crippen molar-refractivity contribution in [3.63, 3.8) is 0 Å². The summed E-state index contributed by atoms with van der Waals surface area (Å²) in [6.07, 6.45) is 3.42. The first-order valence-electron chi connectivity index (χ1n) is 9.98. The summed E-state index contributed by atoms with van der Waals surface area (Å²) < 4.78 is 1.89. The van der Waals surface area contributed by atoms with Crippen LogP contribution in [-0.2, 0) is 0 Å². The fourth-order valence-corrected chi connectivity index (χ4v) is 4.61. The molecule has 1 N–H and O–H groups in total. The van der Waals surface area contributed by atoms with Gasteiger partial charge in [-0.3, -0.25) is 14.3 Å². The van der Waals surface area contributed by atoms with Gasteiger partial charge in [-0.1, -0.05) is 47.1 Å². The number of rotatable bonds is 5. The highest BCUT2D eigenvalue weighted by molar-refractivity contribution is 7.99. The van der Waals surface area contributed by atoms with Crippen molar-refractivity contribution in [2.75, 3.05) is 0 Å². The number of para-hydroxylation sites is 1. The second-order valence-electron chi connectivity index (χ2n) is 7.21. The molecule has 1 unspecified atom stereocenters. The highest BCUT2D eigenvalue weighted by atomic mass is 35.5. The average molecular weight is 495 g/mol. The molecule has 10 heteroatoms. The van der Waals surface area contributed by atoms with Gasteiger partial charge in [0, 0.05) is 18.0 Å². The maximum absolute atomic E-state index is 12.5. The molecule has 0 aliphatic heterocycles. The van der Waals surface area contributed by atoms with Gasteiger partial charge in [-0.25, -0.2) is 4.98 Å². The van der Waals surface area contributed by atoms with Gasteiger partial charge in [0.2, 0.25) is 0 Å². The quantitative estimate of drug-likeness (QED) is 0.314. The van der Waals surface area contributed by atoms with E-state index in [9.17, 15) is 4.79 Å². The summed E-state index contributed by atoms with van der Waals surface area (Å²) in [6.45, 7) is 1.95. The van der Waals surface area contributed by atoms with Crippen molar-refractivity contribution in [2.45, 2.75) is 17.3 Å². The molecule has 0 fully saturated rings. The van der Waals surface area contributed by atoms with Crippen LogP contribution in [0.4, 0.5) is 0 Å². The topological polar surface area (TPSA) is 89.3 Å². The molecule has 164 valence electrons. The summed E-state index contributed by atoms with van der Waals surface area (Å²) in [5.41, 5.74) is 2.02. The lowest BCUT2D eigenvalue weighted by Crippen LogP contribution is -2.13. The molecule has 0 radical (unpaired) electrons. The molecule has 5 aromatic rings. The Morgan fingerprint density at radius 1 is 1.03 bits per heavy atom. The number of nitrogens with one attached hydrogen (secondary N) is 1. The lowest BCUT2D eigenvalue weighted by atomic mass is 10.2. The number of aromatic nitrogens is 6. The Morgan fingerprint density at radius 3 is 2.67 bits per heavy atom. The zero-order chi connectivity index (χ0) is 22.9. The van der Waals surface area contributed by atoms with Crippen molar-refractivity contribution < 1.29 is 0 Å². The van der Waals surface area contributed by atoms with Crippen LogP contribution >= 0.6 is 35.0 Å². The summed E-state index contributed by atoms with van der Waals surface area (Å²) in [5.74, 6) is 1.16. The third-order valence-corrected chi connectivity index (χ3v) is 6.80. The van der Waals surface area contributed by atoms with Gasteiger partial charge in [0.1, 0.15) is 5.82 Å². The van der Waals surface area contributed by atoms with E-state index in [1.54, 1.807) is 30.6 Å². The summed E-state index contributed by atoms with van der Waals surface area (Å²) in [5, 5.41) is 10.7. The highest BCUT2D eigenvalue weighted by Gasteiger charge is 2.21. The molecule has 7 nitrogen and oxygen atoms in total. The van der Waals surface area contributed by atoms with Crippen LogP contribution < -0.4 is 5.56 Å². The van der Waals surface area contributed by atoms with E-state index in [1.165, 1.54) is 11.8 Å². The van der Waals surface area contributed by atoms with Gasteiger partial charge < -0.3 is 4.98 Å². The number of hydrogen-bond donors (Lipinski definition) is 1. The number of hydrogen-bond acceptors (Lipinski definition) is 6. The molecule has 0 saturated carbocycles. The molecule has 0 aliphatic rings. The number of pyridine rings is 1. The molecule has 0 aliphatic carbocycles. The molecular weight excluding hydrogens is 479 g/mol. The van der Waals surface area contributed by atoms with Crippen LogP contribution in [0.3, 0.4) is 0 Å². The molecule has 1 atom stereocenters. The molecule has 3 aromatic heterocycles. The highest BCUT2D eigenvalue weighted by Crippen LogP contribution is 2.36. The minimum Gasteiger partial charge on any atom is -0.309 e. The number of H-pyrrole nitrogens is 1. The van der Waals surface area contributed by atoms with Gasteiger partial charge in [-0.05, 0) is 49.4 Å². The predicted octanol–water partition coefficient (Wildman–Crippen LogP) is 5.73. The van der Waals surface area contributed by atoms with Gasteiger partial charge in [-0.2, -0.15) is 0 Å². The molecule has 0 spiro atoms. The Bertz CT molecular complexity index is 1520. The van der Waals surface area contributed by atoms with Gasteiger partial charge >= 0.3 is 0 Å². The van der Waals surface area contributed by atoms with Gasteiger partial charge in [0.05, 0.1) is 31.9 Å². The van der Waals surface area contributed by atoms with Crippen LogP contribution in [0.2, 0.25) is 10.0 Å². The zero-order valence-electron chi connectivity index (χ0n) is 17.2. The fraction of sp³-hybridized carbons (Fsp3) is 0.0870. The minimum atomic E-state index is -0.213.